The van der Waals surface area contributed by atoms with Gasteiger partial charge in [-0.1, -0.05) is 24.6 Å². The van der Waals surface area contributed by atoms with Crippen molar-refractivity contribution < 1.29 is 14.4 Å². The number of amides is 1. The summed E-state index contributed by atoms with van der Waals surface area (Å²) in [5.41, 5.74) is 8.26. The summed E-state index contributed by atoms with van der Waals surface area (Å²) in [5, 5.41) is 6.93. The van der Waals surface area contributed by atoms with Gasteiger partial charge in [0.05, 0.1) is 5.71 Å². The molecule has 3 N–H and O–H groups in total. The SMILES string of the molecule is C/C(=N\OC(=O)NCCCN)[C@H]1CC[C@H]2[C@@H]3CCC4=CC(=O)CC[C@]4(C)[C@H]3CC[C@]12C. The van der Waals surface area contributed by atoms with Crippen molar-refractivity contribution >= 4 is 17.6 Å². The van der Waals surface area contributed by atoms with Gasteiger partial charge in [-0.25, -0.2) is 4.79 Å². The molecule has 0 heterocycles. The molecule has 0 radical (unpaired) electrons. The normalized spacial score (nSPS) is 39.8. The molecule has 6 nitrogen and oxygen atoms in total. The predicted octanol–water partition coefficient (Wildman–Crippen LogP) is 4.59. The van der Waals surface area contributed by atoms with Crippen LogP contribution in [0.2, 0.25) is 0 Å². The minimum Gasteiger partial charge on any atom is -0.330 e. The van der Waals surface area contributed by atoms with Gasteiger partial charge in [-0.3, -0.25) is 9.63 Å². The lowest BCUT2D eigenvalue weighted by atomic mass is 9.46. The number of hydrogen-bond acceptors (Lipinski definition) is 5. The molecule has 4 aliphatic rings. The molecule has 0 aromatic rings. The van der Waals surface area contributed by atoms with Crippen LogP contribution >= 0.6 is 0 Å². The first-order valence-electron chi connectivity index (χ1n) is 12.2. The molecule has 4 rings (SSSR count). The van der Waals surface area contributed by atoms with E-state index < -0.39 is 6.09 Å². The number of hydrogen-bond donors (Lipinski definition) is 2. The van der Waals surface area contributed by atoms with E-state index in [1.165, 1.54) is 31.3 Å². The third kappa shape index (κ3) is 3.96. The first-order valence-corrected chi connectivity index (χ1v) is 12.2. The summed E-state index contributed by atoms with van der Waals surface area (Å²) in [7, 11) is 0. The van der Waals surface area contributed by atoms with E-state index in [9.17, 15) is 9.59 Å². The van der Waals surface area contributed by atoms with E-state index in [2.05, 4.69) is 24.3 Å². The summed E-state index contributed by atoms with van der Waals surface area (Å²) in [4.78, 5) is 29.0. The molecule has 0 aromatic carbocycles. The largest absolute Gasteiger partial charge is 0.433 e. The highest BCUT2D eigenvalue weighted by Gasteiger charge is 2.59. The van der Waals surface area contributed by atoms with Gasteiger partial charge in [0, 0.05) is 18.9 Å². The van der Waals surface area contributed by atoms with Gasteiger partial charge in [-0.15, -0.1) is 0 Å². The highest BCUT2D eigenvalue weighted by atomic mass is 16.7. The average molecular weight is 430 g/mol. The Kier molecular flexibility index (Phi) is 6.30. The highest BCUT2D eigenvalue weighted by Crippen LogP contribution is 2.66. The lowest BCUT2D eigenvalue weighted by molar-refractivity contribution is -0.117. The average Bonchev–Trinajstić information content (AvgIpc) is 3.10. The molecule has 0 unspecified atom stereocenters. The molecule has 0 saturated heterocycles. The van der Waals surface area contributed by atoms with Crippen LogP contribution in [0.3, 0.4) is 0 Å². The van der Waals surface area contributed by atoms with Crippen LogP contribution in [0.15, 0.2) is 16.8 Å². The number of fused-ring (bicyclic) bond motifs is 5. The Balaban J connectivity index is 1.46. The van der Waals surface area contributed by atoms with Crippen molar-refractivity contribution in [3.05, 3.63) is 11.6 Å². The van der Waals surface area contributed by atoms with E-state index in [1.807, 2.05) is 13.0 Å². The van der Waals surface area contributed by atoms with E-state index >= 15 is 0 Å². The standard InChI is InChI=1S/C25H39N3O3/c1-16(28-31-23(30)27-14-4-13-26)20-7-8-21-19-6-5-17-15-18(29)9-11-24(17,2)22(19)10-12-25(20,21)3/h15,19-22H,4-14,26H2,1-3H3,(H,27,30)/b28-16+/t19-,20+,21-,22-,24-,25+/m0/s1. The third-order valence-electron chi connectivity index (χ3n) is 9.39. The second-order valence-corrected chi connectivity index (χ2v) is 10.8. The van der Waals surface area contributed by atoms with Crippen molar-refractivity contribution in [2.24, 2.45) is 45.4 Å². The zero-order valence-corrected chi connectivity index (χ0v) is 19.4. The number of nitrogens with two attached hydrogens (primary N) is 1. The molecule has 172 valence electrons. The van der Waals surface area contributed by atoms with Crippen molar-refractivity contribution in [2.75, 3.05) is 13.1 Å². The number of carbonyl (C=O) groups excluding carboxylic acids is 2. The molecular weight excluding hydrogens is 390 g/mol. The molecular formula is C25H39N3O3. The van der Waals surface area contributed by atoms with E-state index in [0.717, 1.165) is 37.3 Å². The number of oxime groups is 1. The number of nitrogens with zero attached hydrogens (tertiary/aromatic N) is 1. The molecule has 0 aliphatic heterocycles. The van der Waals surface area contributed by atoms with Gasteiger partial charge in [0.2, 0.25) is 0 Å². The maximum Gasteiger partial charge on any atom is 0.433 e. The smallest absolute Gasteiger partial charge is 0.330 e. The topological polar surface area (TPSA) is 93.8 Å². The Morgan fingerprint density at radius 2 is 2.00 bits per heavy atom. The first-order chi connectivity index (χ1) is 14.8. The van der Waals surface area contributed by atoms with E-state index in [0.29, 0.717) is 43.0 Å². The van der Waals surface area contributed by atoms with Gasteiger partial charge in [0.15, 0.2) is 5.78 Å². The van der Waals surface area contributed by atoms with E-state index in [-0.39, 0.29) is 10.8 Å². The monoisotopic (exact) mass is 429 g/mol. The van der Waals surface area contributed by atoms with E-state index in [4.69, 9.17) is 10.6 Å². The van der Waals surface area contributed by atoms with Crippen LogP contribution in [-0.4, -0.2) is 30.7 Å². The molecule has 31 heavy (non-hydrogen) atoms. The van der Waals surface area contributed by atoms with Crippen LogP contribution in [0.25, 0.3) is 0 Å². The predicted molar refractivity (Wildman–Crippen MR) is 121 cm³/mol. The minimum absolute atomic E-state index is 0.212. The summed E-state index contributed by atoms with van der Waals surface area (Å²) in [6.07, 6.45) is 11.0. The quantitative estimate of drug-likeness (QED) is 0.289. The van der Waals surface area contributed by atoms with Crippen LogP contribution < -0.4 is 11.1 Å². The highest BCUT2D eigenvalue weighted by molar-refractivity contribution is 5.91. The molecule has 1 amide bonds. The Labute approximate surface area is 186 Å². The Morgan fingerprint density at radius 1 is 1.19 bits per heavy atom. The van der Waals surface area contributed by atoms with Crippen LogP contribution in [0.1, 0.15) is 78.6 Å². The third-order valence-corrected chi connectivity index (χ3v) is 9.39. The molecule has 0 aromatic heterocycles. The molecule has 3 saturated carbocycles. The zero-order valence-electron chi connectivity index (χ0n) is 19.4. The van der Waals surface area contributed by atoms with Gasteiger partial charge in [0.1, 0.15) is 0 Å². The van der Waals surface area contributed by atoms with E-state index in [1.54, 1.807) is 0 Å². The molecule has 6 heteroatoms. The summed E-state index contributed by atoms with van der Waals surface area (Å²) < 4.78 is 0. The van der Waals surface area contributed by atoms with Gasteiger partial charge in [0.25, 0.3) is 0 Å². The van der Waals surface area contributed by atoms with Crippen molar-refractivity contribution in [1.29, 1.82) is 0 Å². The fourth-order valence-electron chi connectivity index (χ4n) is 7.75. The molecule has 0 spiro atoms. The van der Waals surface area contributed by atoms with Crippen LogP contribution in [-0.2, 0) is 9.63 Å². The summed E-state index contributed by atoms with van der Waals surface area (Å²) in [6, 6.07) is 0. The summed E-state index contributed by atoms with van der Waals surface area (Å²) in [6.45, 7) is 7.95. The van der Waals surface area contributed by atoms with Crippen molar-refractivity contribution in [3.8, 4) is 0 Å². The maximum absolute atomic E-state index is 12.0. The minimum atomic E-state index is -0.498. The zero-order chi connectivity index (χ0) is 22.2. The van der Waals surface area contributed by atoms with Gasteiger partial charge in [-0.05, 0) is 99.5 Å². The lowest BCUT2D eigenvalue weighted by Crippen LogP contribution is -2.51. The number of rotatable bonds is 5. The second-order valence-electron chi connectivity index (χ2n) is 10.8. The first kappa shape index (κ1) is 22.5. The Hall–Kier alpha value is -1.69. The van der Waals surface area contributed by atoms with Crippen LogP contribution in [0.5, 0.6) is 0 Å². The van der Waals surface area contributed by atoms with Gasteiger partial charge < -0.3 is 11.1 Å². The Morgan fingerprint density at radius 3 is 2.77 bits per heavy atom. The number of carbonyl (C=O) groups is 2. The number of allylic oxidation sites excluding steroid dienone is 1. The molecule has 6 atom stereocenters. The number of nitrogens with one attached hydrogen (secondary N) is 1. The second kappa shape index (κ2) is 8.68. The lowest BCUT2D eigenvalue weighted by Gasteiger charge is -2.58. The van der Waals surface area contributed by atoms with Crippen LogP contribution in [0, 0.1) is 34.5 Å². The van der Waals surface area contributed by atoms with Crippen LogP contribution in [0.4, 0.5) is 4.79 Å². The van der Waals surface area contributed by atoms with Gasteiger partial charge >= 0.3 is 6.09 Å². The number of ketones is 1. The fourth-order valence-corrected chi connectivity index (χ4v) is 7.75. The van der Waals surface area contributed by atoms with Crippen molar-refractivity contribution in [2.45, 2.75) is 78.6 Å². The van der Waals surface area contributed by atoms with Crippen molar-refractivity contribution in [1.82, 2.24) is 5.32 Å². The molecule has 4 aliphatic carbocycles. The molecule has 3 fully saturated rings. The maximum atomic E-state index is 12.0. The summed E-state index contributed by atoms with van der Waals surface area (Å²) in [5.74, 6) is 2.81. The van der Waals surface area contributed by atoms with Gasteiger partial charge in [-0.2, -0.15) is 0 Å². The molecule has 0 bridgehead atoms. The van der Waals surface area contributed by atoms with Crippen molar-refractivity contribution in [3.63, 3.8) is 0 Å². The fraction of sp³-hybridized carbons (Fsp3) is 0.800. The summed E-state index contributed by atoms with van der Waals surface area (Å²) >= 11 is 0. The Bertz CT molecular complexity index is 791.